The number of methoxy groups -OCH3 is 1. The average molecular weight is 389 g/mol. The summed E-state index contributed by atoms with van der Waals surface area (Å²) in [4.78, 5) is 40.3. The van der Waals surface area contributed by atoms with Crippen molar-refractivity contribution in [3.63, 3.8) is 0 Å². The number of carbonyl (C=O) groups is 3. The first kappa shape index (κ1) is 18.7. The van der Waals surface area contributed by atoms with Crippen LogP contribution in [0.4, 0.5) is 4.39 Å². The van der Waals surface area contributed by atoms with Crippen molar-refractivity contribution in [1.82, 2.24) is 15.1 Å². The second-order valence-corrected chi connectivity index (χ2v) is 7.85. The predicted molar refractivity (Wildman–Crippen MR) is 98.2 cm³/mol. The van der Waals surface area contributed by atoms with Crippen LogP contribution in [-0.4, -0.2) is 66.9 Å². The van der Waals surface area contributed by atoms with Gasteiger partial charge in [-0.1, -0.05) is 0 Å². The highest BCUT2D eigenvalue weighted by Gasteiger charge is 2.43. The lowest BCUT2D eigenvalue weighted by atomic mass is 10.0. The van der Waals surface area contributed by atoms with Gasteiger partial charge in [-0.25, -0.2) is 4.39 Å². The first-order valence-electron chi connectivity index (χ1n) is 9.66. The molecule has 1 saturated carbocycles. The van der Waals surface area contributed by atoms with E-state index in [1.807, 2.05) is 0 Å². The zero-order valence-electron chi connectivity index (χ0n) is 15.8. The number of ether oxygens (including phenoxy) is 1. The molecule has 1 unspecified atom stereocenters. The quantitative estimate of drug-likeness (QED) is 0.788. The van der Waals surface area contributed by atoms with Crippen molar-refractivity contribution in [1.29, 1.82) is 0 Å². The molecule has 150 valence electrons. The van der Waals surface area contributed by atoms with Crippen molar-refractivity contribution >= 4 is 17.7 Å². The molecule has 28 heavy (non-hydrogen) atoms. The molecule has 0 radical (unpaired) electrons. The lowest BCUT2D eigenvalue weighted by molar-refractivity contribution is -0.132. The number of nitrogens with one attached hydrogen (secondary N) is 1. The van der Waals surface area contributed by atoms with E-state index in [1.165, 1.54) is 32.1 Å². The smallest absolute Gasteiger partial charge is 0.254 e. The Balaban J connectivity index is 1.29. The number of rotatable bonds is 6. The van der Waals surface area contributed by atoms with Crippen LogP contribution in [0.25, 0.3) is 0 Å². The number of hydrogen-bond donors (Lipinski definition) is 1. The molecule has 0 bridgehead atoms. The Bertz CT molecular complexity index is 805. The molecule has 1 aromatic rings. The molecule has 0 aromatic heterocycles. The second-order valence-electron chi connectivity index (χ2n) is 7.85. The zero-order valence-corrected chi connectivity index (χ0v) is 15.8. The Labute approximate surface area is 162 Å². The lowest BCUT2D eigenvalue weighted by Crippen LogP contribution is -2.61. The fraction of sp³-hybridized carbons (Fsp3) is 0.550. The first-order valence-corrected chi connectivity index (χ1v) is 9.66. The summed E-state index contributed by atoms with van der Waals surface area (Å²) >= 11 is 0. The molecule has 7 nitrogen and oxygen atoms in total. The maximum absolute atomic E-state index is 13.8. The Morgan fingerprint density at radius 1 is 1.25 bits per heavy atom. The number of amides is 3. The van der Waals surface area contributed by atoms with E-state index in [1.54, 1.807) is 9.80 Å². The first-order chi connectivity index (χ1) is 13.5. The van der Waals surface area contributed by atoms with Gasteiger partial charge in [0.25, 0.3) is 5.91 Å². The number of carbonyl (C=O) groups excluding carboxylic acids is 3. The van der Waals surface area contributed by atoms with E-state index in [2.05, 4.69) is 5.32 Å². The van der Waals surface area contributed by atoms with Crippen LogP contribution in [0.1, 0.15) is 29.6 Å². The van der Waals surface area contributed by atoms with E-state index in [0.29, 0.717) is 32.1 Å². The molecular formula is C20H24FN3O4. The molecule has 1 aromatic carbocycles. The number of nitrogens with zero attached hydrogens (tertiary/aromatic N) is 2. The van der Waals surface area contributed by atoms with Gasteiger partial charge >= 0.3 is 0 Å². The van der Waals surface area contributed by atoms with Gasteiger partial charge in [0.1, 0.15) is 0 Å². The van der Waals surface area contributed by atoms with Gasteiger partial charge in [-0.2, -0.15) is 0 Å². The van der Waals surface area contributed by atoms with Crippen molar-refractivity contribution in [3.05, 3.63) is 29.6 Å². The summed E-state index contributed by atoms with van der Waals surface area (Å²) in [6.45, 7) is 1.90. The van der Waals surface area contributed by atoms with Gasteiger partial charge in [-0.15, -0.1) is 0 Å². The minimum Gasteiger partial charge on any atom is -0.494 e. The number of hydrogen-bond acceptors (Lipinski definition) is 4. The van der Waals surface area contributed by atoms with Gasteiger partial charge in [0, 0.05) is 38.2 Å². The van der Waals surface area contributed by atoms with Gasteiger partial charge < -0.3 is 19.9 Å². The van der Waals surface area contributed by atoms with Crippen LogP contribution in [0.3, 0.4) is 0 Å². The molecule has 3 fully saturated rings. The summed E-state index contributed by atoms with van der Waals surface area (Å²) in [6.07, 6.45) is 2.56. The minimum atomic E-state index is -0.583. The van der Waals surface area contributed by atoms with Crippen molar-refractivity contribution in [2.24, 2.45) is 11.8 Å². The van der Waals surface area contributed by atoms with Crippen LogP contribution in [0.15, 0.2) is 18.2 Å². The highest BCUT2D eigenvalue weighted by Crippen LogP contribution is 2.29. The summed E-state index contributed by atoms with van der Waals surface area (Å²) in [6, 6.07) is 4.03. The van der Waals surface area contributed by atoms with Crippen molar-refractivity contribution in [2.75, 3.05) is 33.3 Å². The summed E-state index contributed by atoms with van der Waals surface area (Å²) in [5.41, 5.74) is 0.252. The van der Waals surface area contributed by atoms with E-state index in [0.717, 1.165) is 6.07 Å². The van der Waals surface area contributed by atoms with Crippen molar-refractivity contribution < 1.29 is 23.5 Å². The summed E-state index contributed by atoms with van der Waals surface area (Å²) in [7, 11) is 1.37. The number of likely N-dealkylation sites (tertiary alicyclic amines) is 2. The third-order valence-corrected chi connectivity index (χ3v) is 5.78. The fourth-order valence-corrected chi connectivity index (χ4v) is 3.77. The Kier molecular flexibility index (Phi) is 4.95. The SMILES string of the molecule is COc1ccc(C(=O)N2CC(N3CC(C(=O)NCC4CC4)CC3=O)C2)cc1F. The second kappa shape index (κ2) is 7.41. The largest absolute Gasteiger partial charge is 0.494 e. The minimum absolute atomic E-state index is 0.0424. The standard InChI is InChI=1S/C20H24FN3O4/c1-28-17-5-4-13(6-16(17)21)20(27)23-10-15(11-23)24-9-14(7-18(24)25)19(26)22-8-12-2-3-12/h4-6,12,14-15H,2-3,7-11H2,1H3,(H,22,26). The van der Waals surface area contributed by atoms with Gasteiger partial charge in [0.2, 0.25) is 11.8 Å². The van der Waals surface area contributed by atoms with Crippen LogP contribution >= 0.6 is 0 Å². The Morgan fingerprint density at radius 2 is 2.00 bits per heavy atom. The van der Waals surface area contributed by atoms with E-state index in [-0.39, 0.29) is 47.4 Å². The lowest BCUT2D eigenvalue weighted by Gasteiger charge is -2.44. The summed E-state index contributed by atoms with van der Waals surface area (Å²) in [5, 5.41) is 2.94. The Morgan fingerprint density at radius 3 is 2.64 bits per heavy atom. The maximum Gasteiger partial charge on any atom is 0.254 e. The maximum atomic E-state index is 13.8. The van der Waals surface area contributed by atoms with Crippen LogP contribution in [0.5, 0.6) is 5.75 Å². The molecule has 1 atom stereocenters. The van der Waals surface area contributed by atoms with Crippen molar-refractivity contribution in [3.8, 4) is 5.75 Å². The zero-order chi connectivity index (χ0) is 19.8. The van der Waals surface area contributed by atoms with Crippen LogP contribution < -0.4 is 10.1 Å². The summed E-state index contributed by atoms with van der Waals surface area (Å²) in [5.74, 6) is -0.573. The average Bonchev–Trinajstić information content (AvgIpc) is 3.40. The third kappa shape index (κ3) is 3.68. The molecule has 3 aliphatic rings. The van der Waals surface area contributed by atoms with E-state index >= 15 is 0 Å². The predicted octanol–water partition coefficient (Wildman–Crippen LogP) is 1.03. The molecule has 0 spiro atoms. The van der Waals surface area contributed by atoms with Gasteiger partial charge in [-0.3, -0.25) is 14.4 Å². The molecule has 8 heteroatoms. The fourth-order valence-electron chi connectivity index (χ4n) is 3.77. The molecular weight excluding hydrogens is 365 g/mol. The van der Waals surface area contributed by atoms with E-state index < -0.39 is 5.82 Å². The molecule has 4 rings (SSSR count). The Hall–Kier alpha value is -2.64. The monoisotopic (exact) mass is 389 g/mol. The summed E-state index contributed by atoms with van der Waals surface area (Å²) < 4.78 is 18.7. The van der Waals surface area contributed by atoms with Crippen LogP contribution in [0, 0.1) is 17.7 Å². The third-order valence-electron chi connectivity index (χ3n) is 5.78. The van der Waals surface area contributed by atoms with Gasteiger partial charge in [0.15, 0.2) is 11.6 Å². The van der Waals surface area contributed by atoms with Gasteiger partial charge in [0.05, 0.1) is 19.1 Å². The molecule has 1 aliphatic carbocycles. The van der Waals surface area contributed by atoms with Gasteiger partial charge in [-0.05, 0) is 37.0 Å². The number of benzene rings is 1. The van der Waals surface area contributed by atoms with Crippen LogP contribution in [-0.2, 0) is 9.59 Å². The molecule has 2 aliphatic heterocycles. The highest BCUT2D eigenvalue weighted by atomic mass is 19.1. The molecule has 2 saturated heterocycles. The molecule has 2 heterocycles. The van der Waals surface area contributed by atoms with Crippen molar-refractivity contribution in [2.45, 2.75) is 25.3 Å². The number of halogens is 1. The van der Waals surface area contributed by atoms with E-state index in [9.17, 15) is 18.8 Å². The topological polar surface area (TPSA) is 79.0 Å². The normalized spacial score (nSPS) is 22.2. The van der Waals surface area contributed by atoms with E-state index in [4.69, 9.17) is 4.74 Å². The molecule has 3 amide bonds. The highest BCUT2D eigenvalue weighted by molar-refractivity contribution is 5.95. The molecule has 1 N–H and O–H groups in total. The van der Waals surface area contributed by atoms with Crippen LogP contribution in [0.2, 0.25) is 0 Å².